The van der Waals surface area contributed by atoms with Crippen LogP contribution in [0.3, 0.4) is 0 Å². The lowest BCUT2D eigenvalue weighted by Crippen LogP contribution is -2.59. The molecule has 2 heterocycles. The zero-order valence-corrected chi connectivity index (χ0v) is 13.0. The van der Waals surface area contributed by atoms with E-state index in [9.17, 15) is 0 Å². The first-order chi connectivity index (χ1) is 9.26. The number of hydrogen-bond donors (Lipinski definition) is 1. The number of hydrogen-bond acceptors (Lipinski definition) is 3. The molecular weight excluding hydrogens is 236 g/mol. The highest BCUT2D eigenvalue weighted by Crippen LogP contribution is 2.36. The van der Waals surface area contributed by atoms with Crippen molar-refractivity contribution in [3.05, 3.63) is 0 Å². The molecule has 0 aliphatic carbocycles. The van der Waals surface area contributed by atoms with Crippen LogP contribution in [-0.2, 0) is 4.74 Å². The minimum atomic E-state index is 0.683. The van der Waals surface area contributed by atoms with E-state index < -0.39 is 0 Å². The number of piperidine rings is 2. The summed E-state index contributed by atoms with van der Waals surface area (Å²) in [5.74, 6) is 0. The van der Waals surface area contributed by atoms with Crippen LogP contribution in [0.25, 0.3) is 0 Å². The lowest BCUT2D eigenvalue weighted by molar-refractivity contribution is -0.0138. The first-order valence-electron chi connectivity index (χ1n) is 8.26. The van der Waals surface area contributed by atoms with Crippen LogP contribution in [0.5, 0.6) is 0 Å². The lowest BCUT2D eigenvalue weighted by atomic mass is 9.80. The molecule has 0 aromatic rings. The SMILES string of the molecule is CCCNC1CC2CCCC(C1)N2C(C)CCOC. The Kier molecular flexibility index (Phi) is 6.11. The van der Waals surface area contributed by atoms with Gasteiger partial charge in [-0.05, 0) is 52.0 Å². The maximum Gasteiger partial charge on any atom is 0.0477 e. The molecule has 2 aliphatic heterocycles. The van der Waals surface area contributed by atoms with E-state index in [0.29, 0.717) is 6.04 Å². The maximum atomic E-state index is 5.26. The van der Waals surface area contributed by atoms with Crippen LogP contribution < -0.4 is 5.32 Å². The molecule has 2 saturated heterocycles. The van der Waals surface area contributed by atoms with E-state index >= 15 is 0 Å². The van der Waals surface area contributed by atoms with Crippen LogP contribution in [0.2, 0.25) is 0 Å². The molecule has 112 valence electrons. The first kappa shape index (κ1) is 15.3. The maximum absolute atomic E-state index is 5.26. The highest BCUT2D eigenvalue weighted by Gasteiger charge is 2.39. The molecule has 0 saturated carbocycles. The Morgan fingerprint density at radius 1 is 1.26 bits per heavy atom. The largest absolute Gasteiger partial charge is 0.385 e. The highest BCUT2D eigenvalue weighted by atomic mass is 16.5. The number of nitrogens with one attached hydrogen (secondary N) is 1. The van der Waals surface area contributed by atoms with E-state index in [1.165, 1.54) is 51.5 Å². The Morgan fingerprint density at radius 3 is 2.53 bits per heavy atom. The molecule has 0 radical (unpaired) electrons. The predicted molar refractivity (Wildman–Crippen MR) is 80.5 cm³/mol. The standard InChI is InChI=1S/C16H32N2O/c1-4-9-17-14-11-15-6-5-7-16(12-14)18(15)13(2)8-10-19-3/h13-17H,4-12H2,1-3H3. The van der Waals surface area contributed by atoms with Gasteiger partial charge in [0.1, 0.15) is 0 Å². The number of methoxy groups -OCH3 is 1. The van der Waals surface area contributed by atoms with Crippen molar-refractivity contribution in [1.82, 2.24) is 10.2 Å². The highest BCUT2D eigenvalue weighted by molar-refractivity contribution is 4.96. The Morgan fingerprint density at radius 2 is 1.95 bits per heavy atom. The Balaban J connectivity index is 1.91. The van der Waals surface area contributed by atoms with Crippen molar-refractivity contribution in [3.8, 4) is 0 Å². The minimum Gasteiger partial charge on any atom is -0.385 e. The Labute approximate surface area is 119 Å². The van der Waals surface area contributed by atoms with Gasteiger partial charge in [0, 0.05) is 37.9 Å². The number of rotatable bonds is 7. The smallest absolute Gasteiger partial charge is 0.0477 e. The lowest BCUT2D eigenvalue weighted by Gasteiger charge is -2.52. The minimum absolute atomic E-state index is 0.683. The topological polar surface area (TPSA) is 24.5 Å². The van der Waals surface area contributed by atoms with Crippen molar-refractivity contribution >= 4 is 0 Å². The molecule has 3 unspecified atom stereocenters. The van der Waals surface area contributed by atoms with Crippen molar-refractivity contribution in [2.45, 2.75) is 83.0 Å². The van der Waals surface area contributed by atoms with Crippen molar-refractivity contribution < 1.29 is 4.74 Å². The summed E-state index contributed by atoms with van der Waals surface area (Å²) in [4.78, 5) is 2.83. The molecule has 2 rings (SSSR count). The number of nitrogens with zero attached hydrogens (tertiary/aromatic N) is 1. The van der Waals surface area contributed by atoms with Gasteiger partial charge in [-0.15, -0.1) is 0 Å². The molecule has 2 fully saturated rings. The van der Waals surface area contributed by atoms with Gasteiger partial charge in [0.15, 0.2) is 0 Å². The van der Waals surface area contributed by atoms with Gasteiger partial charge in [-0.25, -0.2) is 0 Å². The van der Waals surface area contributed by atoms with Crippen LogP contribution in [0.15, 0.2) is 0 Å². The third-order valence-electron chi connectivity index (χ3n) is 4.96. The molecule has 3 atom stereocenters. The van der Waals surface area contributed by atoms with E-state index in [-0.39, 0.29) is 0 Å². The summed E-state index contributed by atoms with van der Waals surface area (Å²) < 4.78 is 5.26. The normalized spacial score (nSPS) is 33.3. The van der Waals surface area contributed by atoms with Gasteiger partial charge in [-0.2, -0.15) is 0 Å². The Bertz CT molecular complexity index is 245. The molecule has 2 bridgehead atoms. The summed E-state index contributed by atoms with van der Waals surface area (Å²) in [7, 11) is 1.81. The summed E-state index contributed by atoms with van der Waals surface area (Å²) in [5, 5.41) is 3.75. The van der Waals surface area contributed by atoms with Gasteiger partial charge < -0.3 is 10.1 Å². The molecule has 2 aliphatic rings. The fourth-order valence-electron chi connectivity index (χ4n) is 4.09. The molecule has 19 heavy (non-hydrogen) atoms. The average Bonchev–Trinajstić information content (AvgIpc) is 2.41. The fourth-order valence-corrected chi connectivity index (χ4v) is 4.09. The van der Waals surface area contributed by atoms with Gasteiger partial charge in [0.25, 0.3) is 0 Å². The molecule has 1 N–H and O–H groups in total. The van der Waals surface area contributed by atoms with Crippen molar-refractivity contribution in [2.75, 3.05) is 20.3 Å². The zero-order chi connectivity index (χ0) is 13.7. The second kappa shape index (κ2) is 7.61. The zero-order valence-electron chi connectivity index (χ0n) is 13.0. The third kappa shape index (κ3) is 3.93. The van der Waals surface area contributed by atoms with Crippen molar-refractivity contribution in [2.24, 2.45) is 0 Å². The van der Waals surface area contributed by atoms with Gasteiger partial charge in [0.2, 0.25) is 0 Å². The molecule has 0 spiro atoms. The molecular formula is C16H32N2O. The molecule has 3 nitrogen and oxygen atoms in total. The van der Waals surface area contributed by atoms with E-state index in [2.05, 4.69) is 24.1 Å². The average molecular weight is 268 g/mol. The summed E-state index contributed by atoms with van der Waals surface area (Å²) in [6, 6.07) is 3.07. The molecule has 3 heteroatoms. The Hall–Kier alpha value is -0.120. The quantitative estimate of drug-likeness (QED) is 0.768. The van der Waals surface area contributed by atoms with Gasteiger partial charge >= 0.3 is 0 Å². The summed E-state index contributed by atoms with van der Waals surface area (Å²) in [6.07, 6.45) is 9.37. The van der Waals surface area contributed by atoms with E-state index in [4.69, 9.17) is 4.74 Å². The summed E-state index contributed by atoms with van der Waals surface area (Å²) in [5.41, 5.74) is 0. The van der Waals surface area contributed by atoms with Gasteiger partial charge in [-0.3, -0.25) is 4.90 Å². The second-order valence-electron chi connectivity index (χ2n) is 6.44. The van der Waals surface area contributed by atoms with Crippen molar-refractivity contribution in [3.63, 3.8) is 0 Å². The van der Waals surface area contributed by atoms with Crippen LogP contribution in [0.4, 0.5) is 0 Å². The fraction of sp³-hybridized carbons (Fsp3) is 1.00. The van der Waals surface area contributed by atoms with E-state index in [1.54, 1.807) is 0 Å². The van der Waals surface area contributed by atoms with Crippen LogP contribution in [0.1, 0.15) is 58.8 Å². The molecule has 0 amide bonds. The van der Waals surface area contributed by atoms with Crippen LogP contribution >= 0.6 is 0 Å². The van der Waals surface area contributed by atoms with Crippen molar-refractivity contribution in [1.29, 1.82) is 0 Å². The van der Waals surface area contributed by atoms with Crippen LogP contribution in [-0.4, -0.2) is 49.3 Å². The first-order valence-corrected chi connectivity index (χ1v) is 8.26. The number of ether oxygens (including phenoxy) is 1. The van der Waals surface area contributed by atoms with Crippen LogP contribution in [0, 0.1) is 0 Å². The molecule has 0 aromatic heterocycles. The van der Waals surface area contributed by atoms with Gasteiger partial charge in [0.05, 0.1) is 0 Å². The number of fused-ring (bicyclic) bond motifs is 2. The third-order valence-corrected chi connectivity index (χ3v) is 4.96. The van der Waals surface area contributed by atoms with E-state index in [1.807, 2.05) is 7.11 Å². The summed E-state index contributed by atoms with van der Waals surface area (Å²) >= 11 is 0. The predicted octanol–water partition coefficient (Wildman–Crippen LogP) is 2.80. The summed E-state index contributed by atoms with van der Waals surface area (Å²) in [6.45, 7) is 6.73. The van der Waals surface area contributed by atoms with Gasteiger partial charge in [-0.1, -0.05) is 13.3 Å². The monoisotopic (exact) mass is 268 g/mol. The van der Waals surface area contributed by atoms with E-state index in [0.717, 1.165) is 24.7 Å². The molecule has 0 aromatic carbocycles. The second-order valence-corrected chi connectivity index (χ2v) is 6.44.